The van der Waals surface area contributed by atoms with Crippen molar-refractivity contribution < 1.29 is 18.7 Å². The Morgan fingerprint density at radius 3 is 2.71 bits per heavy atom. The molecule has 0 bridgehead atoms. The van der Waals surface area contributed by atoms with E-state index in [9.17, 15) is 9.59 Å². The zero-order valence-electron chi connectivity index (χ0n) is 12.6. The summed E-state index contributed by atoms with van der Waals surface area (Å²) in [5.74, 6) is 0.0690. The zero-order chi connectivity index (χ0) is 15.6. The van der Waals surface area contributed by atoms with Gasteiger partial charge >= 0.3 is 11.6 Å². The highest BCUT2D eigenvalue weighted by atomic mass is 16.6. The van der Waals surface area contributed by atoms with Crippen LogP contribution in [-0.2, 0) is 9.53 Å². The number of ether oxygens (including phenoxy) is 2. The van der Waals surface area contributed by atoms with Gasteiger partial charge in [-0.15, -0.1) is 0 Å². The van der Waals surface area contributed by atoms with Crippen LogP contribution < -0.4 is 10.4 Å². The number of carbonyl (C=O) groups excluding carboxylic acids is 1. The van der Waals surface area contributed by atoms with Crippen LogP contribution in [-0.4, -0.2) is 18.7 Å². The van der Waals surface area contributed by atoms with Crippen molar-refractivity contribution in [3.63, 3.8) is 0 Å². The first kappa shape index (κ1) is 15.1. The molecule has 0 aliphatic heterocycles. The Kier molecular flexibility index (Phi) is 4.31. The Labute approximate surface area is 122 Å². The van der Waals surface area contributed by atoms with Crippen molar-refractivity contribution in [3.8, 4) is 5.75 Å². The highest BCUT2D eigenvalue weighted by Crippen LogP contribution is 2.28. The fourth-order valence-electron chi connectivity index (χ4n) is 2.13. The van der Waals surface area contributed by atoms with Gasteiger partial charge in [-0.05, 0) is 45.4 Å². The Morgan fingerprint density at radius 1 is 1.33 bits per heavy atom. The molecule has 0 saturated heterocycles. The van der Waals surface area contributed by atoms with E-state index in [1.807, 2.05) is 13.0 Å². The third kappa shape index (κ3) is 3.07. The molecule has 1 aromatic heterocycles. The second-order valence-electron chi connectivity index (χ2n) is 4.83. The van der Waals surface area contributed by atoms with Gasteiger partial charge < -0.3 is 13.9 Å². The lowest BCUT2D eigenvalue weighted by atomic mass is 10.1. The average molecular weight is 290 g/mol. The average Bonchev–Trinajstić information content (AvgIpc) is 2.42. The highest BCUT2D eigenvalue weighted by Gasteiger charge is 2.18. The van der Waals surface area contributed by atoms with Crippen molar-refractivity contribution >= 4 is 16.9 Å². The summed E-state index contributed by atoms with van der Waals surface area (Å²) >= 11 is 0. The number of fused-ring (bicyclic) bond motifs is 1. The molecule has 1 atom stereocenters. The molecule has 0 unspecified atom stereocenters. The number of hydrogen-bond acceptors (Lipinski definition) is 5. The van der Waals surface area contributed by atoms with Crippen molar-refractivity contribution in [1.82, 2.24) is 0 Å². The van der Waals surface area contributed by atoms with Gasteiger partial charge in [0, 0.05) is 17.0 Å². The van der Waals surface area contributed by atoms with Crippen LogP contribution in [0.1, 0.15) is 25.0 Å². The molecular weight excluding hydrogens is 272 g/mol. The lowest BCUT2D eigenvalue weighted by Gasteiger charge is -2.16. The Morgan fingerprint density at radius 2 is 2.05 bits per heavy atom. The summed E-state index contributed by atoms with van der Waals surface area (Å²) < 4.78 is 15.8. The second kappa shape index (κ2) is 5.99. The van der Waals surface area contributed by atoms with Gasteiger partial charge in [-0.2, -0.15) is 0 Å². The lowest BCUT2D eigenvalue weighted by Crippen LogP contribution is -2.26. The standard InChI is InChI=1S/C16H18O5/c1-5-19-16(18)11(4)20-13-7-6-12-9(2)8-14(17)21-15(12)10(13)3/h6-8,11H,5H2,1-4H3/t11-/m0/s1. The molecule has 2 rings (SSSR count). The maximum Gasteiger partial charge on any atom is 0.347 e. The number of carbonyl (C=O) groups is 1. The van der Waals surface area contributed by atoms with Crippen LogP contribution in [0.3, 0.4) is 0 Å². The third-order valence-corrected chi connectivity index (χ3v) is 3.24. The summed E-state index contributed by atoms with van der Waals surface area (Å²) in [5.41, 5.74) is 1.60. The van der Waals surface area contributed by atoms with Crippen molar-refractivity contribution in [1.29, 1.82) is 0 Å². The van der Waals surface area contributed by atoms with Gasteiger partial charge in [0.05, 0.1) is 6.61 Å². The first-order chi connectivity index (χ1) is 9.93. The molecule has 21 heavy (non-hydrogen) atoms. The van der Waals surface area contributed by atoms with Crippen molar-refractivity contribution in [2.75, 3.05) is 6.61 Å². The molecule has 0 fully saturated rings. The smallest absolute Gasteiger partial charge is 0.347 e. The topological polar surface area (TPSA) is 65.7 Å². The lowest BCUT2D eigenvalue weighted by molar-refractivity contribution is -0.150. The normalized spacial score (nSPS) is 12.2. The van der Waals surface area contributed by atoms with E-state index < -0.39 is 17.7 Å². The molecule has 2 aromatic rings. The van der Waals surface area contributed by atoms with Gasteiger partial charge in [-0.25, -0.2) is 9.59 Å². The maximum absolute atomic E-state index is 11.6. The van der Waals surface area contributed by atoms with Crippen LogP contribution >= 0.6 is 0 Å². The van der Waals surface area contributed by atoms with Crippen molar-refractivity contribution in [2.24, 2.45) is 0 Å². The van der Waals surface area contributed by atoms with E-state index in [2.05, 4.69) is 0 Å². The molecule has 0 amide bonds. The van der Waals surface area contributed by atoms with Crippen LogP contribution in [0.5, 0.6) is 5.75 Å². The van der Waals surface area contributed by atoms with Crippen LogP contribution in [0.2, 0.25) is 0 Å². The van der Waals surface area contributed by atoms with Gasteiger partial charge in [0.1, 0.15) is 11.3 Å². The molecule has 1 heterocycles. The summed E-state index contributed by atoms with van der Waals surface area (Å²) in [4.78, 5) is 23.1. The van der Waals surface area contributed by atoms with E-state index in [1.54, 1.807) is 26.8 Å². The largest absolute Gasteiger partial charge is 0.479 e. The molecule has 0 aliphatic rings. The van der Waals surface area contributed by atoms with Gasteiger partial charge in [-0.3, -0.25) is 0 Å². The minimum Gasteiger partial charge on any atom is -0.479 e. The zero-order valence-corrected chi connectivity index (χ0v) is 12.6. The summed E-state index contributed by atoms with van der Waals surface area (Å²) in [6.45, 7) is 7.30. The van der Waals surface area contributed by atoms with Gasteiger partial charge in [0.25, 0.3) is 0 Å². The molecule has 5 heteroatoms. The number of hydrogen-bond donors (Lipinski definition) is 0. The number of aryl methyl sites for hydroxylation is 2. The minimum absolute atomic E-state index is 0.303. The molecular formula is C16H18O5. The van der Waals surface area contributed by atoms with E-state index in [0.717, 1.165) is 10.9 Å². The SMILES string of the molecule is CCOC(=O)[C@H](C)Oc1ccc2c(C)cc(=O)oc2c1C. The van der Waals surface area contributed by atoms with Gasteiger partial charge in [0.15, 0.2) is 6.10 Å². The molecule has 0 radical (unpaired) electrons. The molecule has 112 valence electrons. The van der Waals surface area contributed by atoms with E-state index in [0.29, 0.717) is 23.5 Å². The van der Waals surface area contributed by atoms with Crippen LogP contribution in [0.15, 0.2) is 27.4 Å². The fraction of sp³-hybridized carbons (Fsp3) is 0.375. The molecule has 0 aliphatic carbocycles. The molecule has 0 N–H and O–H groups in total. The van der Waals surface area contributed by atoms with Crippen LogP contribution in [0, 0.1) is 13.8 Å². The van der Waals surface area contributed by atoms with Gasteiger partial charge in [0.2, 0.25) is 0 Å². The Balaban J connectivity index is 2.40. The van der Waals surface area contributed by atoms with Crippen LogP contribution in [0.4, 0.5) is 0 Å². The first-order valence-corrected chi connectivity index (χ1v) is 6.81. The second-order valence-corrected chi connectivity index (χ2v) is 4.83. The molecule has 5 nitrogen and oxygen atoms in total. The van der Waals surface area contributed by atoms with E-state index in [4.69, 9.17) is 13.9 Å². The highest BCUT2D eigenvalue weighted by molar-refractivity contribution is 5.85. The summed E-state index contributed by atoms with van der Waals surface area (Å²) in [5, 5.41) is 0.850. The van der Waals surface area contributed by atoms with Crippen molar-refractivity contribution in [3.05, 3.63) is 39.7 Å². The van der Waals surface area contributed by atoms with Gasteiger partial charge in [-0.1, -0.05) is 0 Å². The van der Waals surface area contributed by atoms with Crippen molar-refractivity contribution in [2.45, 2.75) is 33.8 Å². The third-order valence-electron chi connectivity index (χ3n) is 3.24. The van der Waals surface area contributed by atoms with E-state index in [1.165, 1.54) is 6.07 Å². The predicted molar refractivity (Wildman–Crippen MR) is 78.7 cm³/mol. The maximum atomic E-state index is 11.6. The fourth-order valence-corrected chi connectivity index (χ4v) is 2.13. The molecule has 0 saturated carbocycles. The quantitative estimate of drug-likeness (QED) is 0.640. The summed E-state index contributed by atoms with van der Waals surface area (Å²) in [6.07, 6.45) is -0.724. The Hall–Kier alpha value is -2.30. The number of benzene rings is 1. The van der Waals surface area contributed by atoms with E-state index >= 15 is 0 Å². The molecule has 0 spiro atoms. The number of esters is 1. The monoisotopic (exact) mass is 290 g/mol. The van der Waals surface area contributed by atoms with Crippen LogP contribution in [0.25, 0.3) is 11.0 Å². The minimum atomic E-state index is -0.724. The Bertz CT molecular complexity index is 729. The number of rotatable bonds is 4. The predicted octanol–water partition coefficient (Wildman–Crippen LogP) is 2.74. The van der Waals surface area contributed by atoms with E-state index in [-0.39, 0.29) is 0 Å². The summed E-state index contributed by atoms with van der Waals surface area (Å²) in [7, 11) is 0. The first-order valence-electron chi connectivity index (χ1n) is 6.81. The molecule has 1 aromatic carbocycles. The summed E-state index contributed by atoms with van der Waals surface area (Å²) in [6, 6.07) is 5.03.